The molecule has 1 aliphatic carbocycles. The van der Waals surface area contributed by atoms with Crippen LogP contribution in [-0.2, 0) is 0 Å². The first-order valence-corrected chi connectivity index (χ1v) is 6.56. The first-order valence-electron chi connectivity index (χ1n) is 5.77. The molecular formula is C11H17BrN4. The topological polar surface area (TPSA) is 55.0 Å². The Morgan fingerprint density at radius 1 is 1.56 bits per heavy atom. The highest BCUT2D eigenvalue weighted by atomic mass is 79.9. The summed E-state index contributed by atoms with van der Waals surface area (Å²) in [7, 11) is 0. The summed E-state index contributed by atoms with van der Waals surface area (Å²) in [6, 6.07) is 0.650. The highest BCUT2D eigenvalue weighted by molar-refractivity contribution is 9.10. The lowest BCUT2D eigenvalue weighted by atomic mass is 10.3. The van der Waals surface area contributed by atoms with Crippen molar-refractivity contribution in [2.45, 2.75) is 38.6 Å². The second kappa shape index (κ2) is 4.99. The SMILES string of the molecule is CCCCN(c1nc(N)ncc1Br)C1CC1. The van der Waals surface area contributed by atoms with E-state index < -0.39 is 0 Å². The fourth-order valence-corrected chi connectivity index (χ4v) is 2.17. The van der Waals surface area contributed by atoms with Gasteiger partial charge in [-0.1, -0.05) is 13.3 Å². The molecule has 0 aromatic carbocycles. The van der Waals surface area contributed by atoms with Crippen LogP contribution in [-0.4, -0.2) is 22.6 Å². The molecule has 1 aromatic heterocycles. The van der Waals surface area contributed by atoms with E-state index in [1.165, 1.54) is 25.7 Å². The van der Waals surface area contributed by atoms with Crippen molar-refractivity contribution in [3.8, 4) is 0 Å². The Labute approximate surface area is 104 Å². The van der Waals surface area contributed by atoms with Crippen LogP contribution in [0.25, 0.3) is 0 Å². The number of nitrogens with zero attached hydrogens (tertiary/aromatic N) is 3. The Morgan fingerprint density at radius 3 is 2.94 bits per heavy atom. The van der Waals surface area contributed by atoms with Gasteiger partial charge in [-0.15, -0.1) is 0 Å². The summed E-state index contributed by atoms with van der Waals surface area (Å²) in [6.45, 7) is 3.25. The van der Waals surface area contributed by atoms with Crippen LogP contribution < -0.4 is 10.6 Å². The van der Waals surface area contributed by atoms with Crippen LogP contribution in [0.3, 0.4) is 0 Å². The van der Waals surface area contributed by atoms with Crippen molar-refractivity contribution in [1.82, 2.24) is 9.97 Å². The van der Waals surface area contributed by atoms with Crippen molar-refractivity contribution in [3.05, 3.63) is 10.7 Å². The third-order valence-electron chi connectivity index (χ3n) is 2.76. The van der Waals surface area contributed by atoms with Gasteiger partial charge in [-0.25, -0.2) is 4.98 Å². The lowest BCUT2D eigenvalue weighted by molar-refractivity contribution is 0.702. The first-order chi connectivity index (χ1) is 7.72. The summed E-state index contributed by atoms with van der Waals surface area (Å²) in [5.74, 6) is 1.30. The number of hydrogen-bond acceptors (Lipinski definition) is 4. The number of aromatic nitrogens is 2. The molecule has 0 spiro atoms. The normalized spacial score (nSPS) is 15.1. The van der Waals surface area contributed by atoms with Gasteiger partial charge in [-0.2, -0.15) is 4.98 Å². The van der Waals surface area contributed by atoms with Crippen molar-refractivity contribution in [3.63, 3.8) is 0 Å². The molecule has 88 valence electrons. The monoisotopic (exact) mass is 284 g/mol. The zero-order valence-corrected chi connectivity index (χ0v) is 11.1. The van der Waals surface area contributed by atoms with Crippen LogP contribution in [0.2, 0.25) is 0 Å². The van der Waals surface area contributed by atoms with Gasteiger partial charge in [0.2, 0.25) is 5.95 Å². The number of hydrogen-bond donors (Lipinski definition) is 1. The maximum absolute atomic E-state index is 5.64. The summed E-state index contributed by atoms with van der Waals surface area (Å²) >= 11 is 3.50. The molecule has 5 heteroatoms. The van der Waals surface area contributed by atoms with Gasteiger partial charge in [0.05, 0.1) is 4.47 Å². The van der Waals surface area contributed by atoms with Gasteiger partial charge in [0.15, 0.2) is 0 Å². The average molecular weight is 285 g/mol. The molecule has 0 amide bonds. The highest BCUT2D eigenvalue weighted by Gasteiger charge is 2.30. The van der Waals surface area contributed by atoms with Crippen LogP contribution in [0.1, 0.15) is 32.6 Å². The Bertz CT molecular complexity index is 365. The van der Waals surface area contributed by atoms with Crippen LogP contribution in [0.4, 0.5) is 11.8 Å². The van der Waals surface area contributed by atoms with E-state index >= 15 is 0 Å². The van der Waals surface area contributed by atoms with Crippen molar-refractivity contribution >= 4 is 27.7 Å². The lowest BCUT2D eigenvalue weighted by Crippen LogP contribution is -2.28. The quantitative estimate of drug-likeness (QED) is 0.903. The molecule has 0 saturated heterocycles. The summed E-state index contributed by atoms with van der Waals surface area (Å²) in [5.41, 5.74) is 5.64. The van der Waals surface area contributed by atoms with E-state index in [9.17, 15) is 0 Å². The number of rotatable bonds is 5. The van der Waals surface area contributed by atoms with Crippen molar-refractivity contribution < 1.29 is 0 Å². The molecule has 0 unspecified atom stereocenters. The van der Waals surface area contributed by atoms with E-state index in [-0.39, 0.29) is 0 Å². The van der Waals surface area contributed by atoms with Crippen molar-refractivity contribution in [1.29, 1.82) is 0 Å². The van der Waals surface area contributed by atoms with Gasteiger partial charge in [0.25, 0.3) is 0 Å². The summed E-state index contributed by atoms with van der Waals surface area (Å²) < 4.78 is 0.935. The molecular weight excluding hydrogens is 268 g/mol. The molecule has 0 bridgehead atoms. The van der Waals surface area contributed by atoms with Crippen molar-refractivity contribution in [2.24, 2.45) is 0 Å². The molecule has 1 saturated carbocycles. The summed E-state index contributed by atoms with van der Waals surface area (Å²) in [5, 5.41) is 0. The largest absolute Gasteiger partial charge is 0.368 e. The highest BCUT2D eigenvalue weighted by Crippen LogP contribution is 2.34. The number of nitrogen functional groups attached to an aromatic ring is 1. The van der Waals surface area contributed by atoms with E-state index in [0.29, 0.717) is 12.0 Å². The Hall–Kier alpha value is -0.840. The number of unbranched alkanes of at least 4 members (excludes halogenated alkanes) is 1. The van der Waals surface area contributed by atoms with Crippen LogP contribution >= 0.6 is 15.9 Å². The molecule has 1 heterocycles. The standard InChI is InChI=1S/C11H17BrN4/c1-2-3-6-16(8-4-5-8)10-9(12)7-14-11(13)15-10/h7-8H,2-6H2,1H3,(H2,13,14,15). The minimum absolute atomic E-state index is 0.348. The molecule has 1 aromatic rings. The predicted octanol–water partition coefficient (Wildman–Crippen LogP) is 2.59. The van der Waals surface area contributed by atoms with Gasteiger partial charge < -0.3 is 10.6 Å². The van der Waals surface area contributed by atoms with E-state index in [1.807, 2.05) is 0 Å². The molecule has 2 N–H and O–H groups in total. The zero-order valence-electron chi connectivity index (χ0n) is 9.49. The molecule has 16 heavy (non-hydrogen) atoms. The Kier molecular flexibility index (Phi) is 3.63. The molecule has 2 rings (SSSR count). The molecule has 0 radical (unpaired) electrons. The summed E-state index contributed by atoms with van der Waals surface area (Å²) in [4.78, 5) is 10.7. The van der Waals surface area contributed by atoms with Gasteiger partial charge in [0, 0.05) is 18.8 Å². The Balaban J connectivity index is 2.19. The van der Waals surface area contributed by atoms with Crippen molar-refractivity contribution in [2.75, 3.05) is 17.2 Å². The molecule has 1 aliphatic rings. The van der Waals surface area contributed by atoms with Gasteiger partial charge in [-0.3, -0.25) is 0 Å². The third-order valence-corrected chi connectivity index (χ3v) is 3.32. The average Bonchev–Trinajstić information content (AvgIpc) is 3.08. The fraction of sp³-hybridized carbons (Fsp3) is 0.636. The summed E-state index contributed by atoms with van der Waals surface area (Å²) in [6.07, 6.45) is 6.65. The lowest BCUT2D eigenvalue weighted by Gasteiger charge is -2.24. The van der Waals surface area contributed by atoms with Crippen LogP contribution in [0.15, 0.2) is 10.7 Å². The minimum atomic E-state index is 0.348. The zero-order chi connectivity index (χ0) is 11.5. The first kappa shape index (κ1) is 11.6. The fourth-order valence-electron chi connectivity index (χ4n) is 1.75. The third kappa shape index (κ3) is 2.64. The van der Waals surface area contributed by atoms with E-state index in [4.69, 9.17) is 5.73 Å². The maximum Gasteiger partial charge on any atom is 0.222 e. The van der Waals surface area contributed by atoms with Crippen LogP contribution in [0, 0.1) is 0 Å². The number of nitrogens with two attached hydrogens (primary N) is 1. The number of anilines is 2. The molecule has 1 fully saturated rings. The van der Waals surface area contributed by atoms with E-state index in [2.05, 4.69) is 37.7 Å². The second-order valence-corrected chi connectivity index (χ2v) is 5.03. The maximum atomic E-state index is 5.64. The van der Waals surface area contributed by atoms with E-state index in [0.717, 1.165) is 16.8 Å². The van der Waals surface area contributed by atoms with Gasteiger partial charge >= 0.3 is 0 Å². The van der Waals surface area contributed by atoms with Gasteiger partial charge in [-0.05, 0) is 35.2 Å². The van der Waals surface area contributed by atoms with Crippen LogP contribution in [0.5, 0.6) is 0 Å². The van der Waals surface area contributed by atoms with Gasteiger partial charge in [0.1, 0.15) is 5.82 Å². The second-order valence-electron chi connectivity index (χ2n) is 4.18. The predicted molar refractivity (Wildman–Crippen MR) is 69.4 cm³/mol. The number of halogens is 1. The van der Waals surface area contributed by atoms with E-state index in [1.54, 1.807) is 6.20 Å². The smallest absolute Gasteiger partial charge is 0.222 e. The molecule has 0 atom stereocenters. The Morgan fingerprint density at radius 2 is 2.31 bits per heavy atom. The molecule has 4 nitrogen and oxygen atoms in total. The molecule has 0 aliphatic heterocycles. The minimum Gasteiger partial charge on any atom is -0.368 e.